The van der Waals surface area contributed by atoms with Crippen LogP contribution in [0.25, 0.3) is 0 Å². The molecule has 2 rings (SSSR count). The van der Waals surface area contributed by atoms with Crippen molar-refractivity contribution in [3.8, 4) is 0 Å². The van der Waals surface area contributed by atoms with Crippen LogP contribution in [0.4, 0.5) is 5.69 Å². The lowest BCUT2D eigenvalue weighted by Crippen LogP contribution is -2.42. The van der Waals surface area contributed by atoms with Crippen molar-refractivity contribution in [2.45, 2.75) is 50.5 Å². The van der Waals surface area contributed by atoms with Crippen molar-refractivity contribution in [3.63, 3.8) is 0 Å². The first-order valence-corrected chi connectivity index (χ1v) is 8.23. The first-order valence-electron chi connectivity index (χ1n) is 6.75. The van der Waals surface area contributed by atoms with Crippen LogP contribution in [-0.2, 0) is 16.4 Å². The highest BCUT2D eigenvalue weighted by molar-refractivity contribution is 7.89. The van der Waals surface area contributed by atoms with Crippen molar-refractivity contribution < 1.29 is 8.42 Å². The summed E-state index contributed by atoms with van der Waals surface area (Å²) in [6, 6.07) is 5.34. The van der Waals surface area contributed by atoms with Crippen LogP contribution < -0.4 is 10.0 Å². The van der Waals surface area contributed by atoms with Gasteiger partial charge in [0.05, 0.1) is 4.90 Å². The monoisotopic (exact) mass is 282 g/mol. The summed E-state index contributed by atoms with van der Waals surface area (Å²) in [5.74, 6) is 0. The lowest BCUT2D eigenvalue weighted by Gasteiger charge is -2.25. The van der Waals surface area contributed by atoms with E-state index in [4.69, 9.17) is 0 Å². The summed E-state index contributed by atoms with van der Waals surface area (Å²) in [4.78, 5) is 0.335. The number of sulfonamides is 1. The molecule has 0 aliphatic carbocycles. The molecule has 1 aromatic rings. The molecule has 1 aromatic carbocycles. The van der Waals surface area contributed by atoms with Gasteiger partial charge in [0, 0.05) is 17.8 Å². The molecule has 0 saturated heterocycles. The molecule has 0 atom stereocenters. The molecular weight excluding hydrogens is 260 g/mol. The second-order valence-corrected chi connectivity index (χ2v) is 7.37. The summed E-state index contributed by atoms with van der Waals surface area (Å²) in [7, 11) is -3.45. The van der Waals surface area contributed by atoms with Crippen LogP contribution in [-0.4, -0.2) is 20.5 Å². The number of hydrogen-bond donors (Lipinski definition) is 2. The van der Waals surface area contributed by atoms with Crippen molar-refractivity contribution in [2.75, 3.05) is 11.9 Å². The summed E-state index contributed by atoms with van der Waals surface area (Å²) in [6.07, 6.45) is 2.85. The van der Waals surface area contributed by atoms with Gasteiger partial charge in [0.2, 0.25) is 10.0 Å². The fourth-order valence-corrected chi connectivity index (χ4v) is 3.61. The van der Waals surface area contributed by atoms with E-state index in [-0.39, 0.29) is 0 Å². The third-order valence-corrected chi connectivity index (χ3v) is 5.32. The third kappa shape index (κ3) is 3.28. The summed E-state index contributed by atoms with van der Waals surface area (Å²) in [6.45, 7) is 6.66. The summed E-state index contributed by atoms with van der Waals surface area (Å²) >= 11 is 0. The van der Waals surface area contributed by atoms with Gasteiger partial charge in [-0.1, -0.05) is 13.0 Å². The Kier molecular flexibility index (Phi) is 3.87. The minimum absolute atomic E-state index is 0.335. The zero-order chi connectivity index (χ0) is 14.1. The first-order chi connectivity index (χ1) is 8.84. The van der Waals surface area contributed by atoms with Gasteiger partial charge in [-0.05, 0) is 50.8 Å². The molecule has 0 unspecified atom stereocenters. The molecular formula is C14H22N2O2S. The highest BCUT2D eigenvalue weighted by atomic mass is 32.2. The van der Waals surface area contributed by atoms with Crippen molar-refractivity contribution in [3.05, 3.63) is 23.8 Å². The normalized spacial score (nSPS) is 15.7. The predicted molar refractivity (Wildman–Crippen MR) is 77.9 cm³/mol. The fourth-order valence-electron chi connectivity index (χ4n) is 2.10. The van der Waals surface area contributed by atoms with Crippen LogP contribution in [0.1, 0.15) is 39.2 Å². The minimum atomic E-state index is -3.45. The Morgan fingerprint density at radius 2 is 2.11 bits per heavy atom. The Balaban J connectivity index is 2.31. The summed E-state index contributed by atoms with van der Waals surface area (Å²) in [5.41, 5.74) is 1.71. The van der Waals surface area contributed by atoms with Crippen LogP contribution in [0.5, 0.6) is 0 Å². The maximum absolute atomic E-state index is 12.4. The van der Waals surface area contributed by atoms with E-state index in [1.807, 2.05) is 26.8 Å². The number of benzene rings is 1. The van der Waals surface area contributed by atoms with Gasteiger partial charge in [-0.25, -0.2) is 13.1 Å². The number of hydrogen-bond acceptors (Lipinski definition) is 3. The van der Waals surface area contributed by atoms with E-state index in [1.165, 1.54) is 5.56 Å². The molecule has 0 amide bonds. The Labute approximate surface area is 115 Å². The van der Waals surface area contributed by atoms with E-state index in [1.54, 1.807) is 12.1 Å². The van der Waals surface area contributed by atoms with Crippen molar-refractivity contribution in [1.29, 1.82) is 0 Å². The maximum atomic E-state index is 12.4. The highest BCUT2D eigenvalue weighted by Crippen LogP contribution is 2.26. The fraction of sp³-hybridized carbons (Fsp3) is 0.571. The molecule has 0 fully saturated rings. The molecule has 0 bridgehead atoms. The topological polar surface area (TPSA) is 58.2 Å². The van der Waals surface area contributed by atoms with E-state index in [2.05, 4.69) is 10.0 Å². The average molecular weight is 282 g/mol. The second kappa shape index (κ2) is 5.13. The van der Waals surface area contributed by atoms with Crippen LogP contribution in [0.2, 0.25) is 0 Å². The quantitative estimate of drug-likeness (QED) is 0.892. The number of anilines is 1. The molecule has 1 aliphatic heterocycles. The smallest absolute Gasteiger partial charge is 0.241 e. The maximum Gasteiger partial charge on any atom is 0.241 e. The molecule has 0 aromatic heterocycles. The van der Waals surface area contributed by atoms with Crippen molar-refractivity contribution in [1.82, 2.24) is 4.72 Å². The van der Waals surface area contributed by atoms with Crippen LogP contribution >= 0.6 is 0 Å². The van der Waals surface area contributed by atoms with Gasteiger partial charge in [-0.2, -0.15) is 0 Å². The van der Waals surface area contributed by atoms with E-state index in [9.17, 15) is 8.42 Å². The minimum Gasteiger partial charge on any atom is -0.385 e. The van der Waals surface area contributed by atoms with E-state index in [0.29, 0.717) is 4.90 Å². The molecule has 1 heterocycles. The van der Waals surface area contributed by atoms with Gasteiger partial charge in [-0.15, -0.1) is 0 Å². The molecule has 0 saturated carbocycles. The first kappa shape index (κ1) is 14.3. The second-order valence-electron chi connectivity index (χ2n) is 5.69. The Bertz CT molecular complexity index is 565. The zero-order valence-electron chi connectivity index (χ0n) is 11.8. The summed E-state index contributed by atoms with van der Waals surface area (Å²) < 4.78 is 27.5. The standard InChI is InChI=1S/C14H22N2O2S/c1-4-14(2,3)16-19(17,18)12-8-7-11-6-5-9-15-13(11)10-12/h7-8,10,15-16H,4-6,9H2,1-3H3. The van der Waals surface area contributed by atoms with Crippen molar-refractivity contribution in [2.24, 2.45) is 0 Å². The largest absolute Gasteiger partial charge is 0.385 e. The number of aryl methyl sites for hydroxylation is 1. The van der Waals surface area contributed by atoms with Gasteiger partial charge >= 0.3 is 0 Å². The van der Waals surface area contributed by atoms with Gasteiger partial charge in [0.15, 0.2) is 0 Å². The van der Waals surface area contributed by atoms with Crippen LogP contribution in [0.3, 0.4) is 0 Å². The molecule has 0 radical (unpaired) electrons. The number of rotatable bonds is 4. The molecule has 0 spiro atoms. The van der Waals surface area contributed by atoms with Gasteiger partial charge < -0.3 is 5.32 Å². The van der Waals surface area contributed by atoms with Gasteiger partial charge in [0.25, 0.3) is 0 Å². The number of fused-ring (bicyclic) bond motifs is 1. The lowest BCUT2D eigenvalue weighted by atomic mass is 10.0. The molecule has 2 N–H and O–H groups in total. The van der Waals surface area contributed by atoms with E-state index < -0.39 is 15.6 Å². The van der Waals surface area contributed by atoms with Gasteiger partial charge in [-0.3, -0.25) is 0 Å². The Morgan fingerprint density at radius 1 is 1.37 bits per heavy atom. The Morgan fingerprint density at radius 3 is 2.79 bits per heavy atom. The van der Waals surface area contributed by atoms with E-state index in [0.717, 1.165) is 31.5 Å². The lowest BCUT2D eigenvalue weighted by molar-refractivity contribution is 0.439. The zero-order valence-corrected chi connectivity index (χ0v) is 12.6. The molecule has 1 aliphatic rings. The van der Waals surface area contributed by atoms with Crippen LogP contribution in [0, 0.1) is 0 Å². The molecule has 106 valence electrons. The van der Waals surface area contributed by atoms with Crippen LogP contribution in [0.15, 0.2) is 23.1 Å². The van der Waals surface area contributed by atoms with E-state index >= 15 is 0 Å². The molecule has 19 heavy (non-hydrogen) atoms. The van der Waals surface area contributed by atoms with Gasteiger partial charge in [0.1, 0.15) is 0 Å². The predicted octanol–water partition coefficient (Wildman–Crippen LogP) is 2.51. The molecule has 5 heteroatoms. The molecule has 4 nitrogen and oxygen atoms in total. The number of nitrogens with one attached hydrogen (secondary N) is 2. The third-order valence-electron chi connectivity index (χ3n) is 3.62. The SMILES string of the molecule is CCC(C)(C)NS(=O)(=O)c1ccc2c(c1)NCCC2. The Hall–Kier alpha value is -1.07. The summed E-state index contributed by atoms with van der Waals surface area (Å²) in [5, 5.41) is 3.26. The highest BCUT2D eigenvalue weighted by Gasteiger charge is 2.25. The van der Waals surface area contributed by atoms with Crippen molar-refractivity contribution >= 4 is 15.7 Å². The average Bonchev–Trinajstić information content (AvgIpc) is 2.37.